The largest absolute Gasteiger partial charge is 0.490 e. The Labute approximate surface area is 120 Å². The Morgan fingerprint density at radius 3 is 2.55 bits per heavy atom. The van der Waals surface area contributed by atoms with Crippen molar-refractivity contribution in [3.05, 3.63) is 53.3 Å². The molecule has 0 spiro atoms. The van der Waals surface area contributed by atoms with Crippen LogP contribution < -0.4 is 9.47 Å². The van der Waals surface area contributed by atoms with Gasteiger partial charge in [0.2, 0.25) is 0 Å². The van der Waals surface area contributed by atoms with Crippen molar-refractivity contribution in [2.45, 2.75) is 0 Å². The molecule has 104 valence electrons. The molecule has 5 nitrogen and oxygen atoms in total. The van der Waals surface area contributed by atoms with Gasteiger partial charge in [0, 0.05) is 11.2 Å². The van der Waals surface area contributed by atoms with Crippen LogP contribution in [0, 0.1) is 0 Å². The molecule has 2 aromatic rings. The van der Waals surface area contributed by atoms with Gasteiger partial charge in [-0.05, 0) is 30.3 Å². The summed E-state index contributed by atoms with van der Waals surface area (Å²) in [4.78, 5) is 14.8. The predicted octanol–water partition coefficient (Wildman–Crippen LogP) is 2.89. The minimum atomic E-state index is -1.05. The second-order valence-corrected chi connectivity index (χ2v) is 4.26. The van der Waals surface area contributed by atoms with Crippen LogP contribution in [-0.2, 0) is 0 Å². The third-order valence-electron chi connectivity index (χ3n) is 2.44. The van der Waals surface area contributed by atoms with Crippen molar-refractivity contribution in [1.82, 2.24) is 4.98 Å². The molecule has 0 aliphatic heterocycles. The van der Waals surface area contributed by atoms with Crippen LogP contribution in [0.15, 0.2) is 42.7 Å². The minimum absolute atomic E-state index is 0.0755. The zero-order chi connectivity index (χ0) is 14.4. The van der Waals surface area contributed by atoms with Crippen LogP contribution in [0.1, 0.15) is 10.4 Å². The van der Waals surface area contributed by atoms with E-state index in [1.54, 1.807) is 24.3 Å². The molecule has 6 heteroatoms. The SMILES string of the molecule is O=C(O)c1ccncc1OCCOc1ccc(Cl)cc1. The molecule has 0 atom stereocenters. The molecule has 1 aromatic carbocycles. The molecule has 0 aliphatic rings. The van der Waals surface area contributed by atoms with Gasteiger partial charge in [-0.25, -0.2) is 4.79 Å². The summed E-state index contributed by atoms with van der Waals surface area (Å²) in [5, 5.41) is 9.61. The lowest BCUT2D eigenvalue weighted by atomic mass is 10.2. The number of pyridine rings is 1. The third-order valence-corrected chi connectivity index (χ3v) is 2.69. The zero-order valence-electron chi connectivity index (χ0n) is 10.5. The Morgan fingerprint density at radius 2 is 1.85 bits per heavy atom. The second kappa shape index (κ2) is 6.77. The van der Waals surface area contributed by atoms with Crippen LogP contribution in [0.25, 0.3) is 0 Å². The van der Waals surface area contributed by atoms with Crippen LogP contribution in [0.5, 0.6) is 11.5 Å². The number of aromatic nitrogens is 1. The van der Waals surface area contributed by atoms with E-state index in [1.165, 1.54) is 18.5 Å². The fourth-order valence-corrected chi connectivity index (χ4v) is 1.64. The number of hydrogen-bond acceptors (Lipinski definition) is 4. The number of rotatable bonds is 6. The number of nitrogens with zero attached hydrogens (tertiary/aromatic N) is 1. The normalized spacial score (nSPS) is 10.1. The summed E-state index contributed by atoms with van der Waals surface area (Å²) in [7, 11) is 0. The molecule has 1 aromatic heterocycles. The molecule has 0 aliphatic carbocycles. The van der Waals surface area contributed by atoms with Crippen molar-refractivity contribution in [1.29, 1.82) is 0 Å². The van der Waals surface area contributed by atoms with Crippen LogP contribution >= 0.6 is 11.6 Å². The smallest absolute Gasteiger partial charge is 0.339 e. The lowest BCUT2D eigenvalue weighted by Gasteiger charge is -2.09. The second-order valence-electron chi connectivity index (χ2n) is 3.83. The van der Waals surface area contributed by atoms with Crippen LogP contribution in [0.3, 0.4) is 0 Å². The van der Waals surface area contributed by atoms with Crippen LogP contribution in [-0.4, -0.2) is 29.3 Å². The summed E-state index contributed by atoms with van der Waals surface area (Å²) in [6.07, 6.45) is 2.77. The maximum atomic E-state index is 11.0. The highest BCUT2D eigenvalue weighted by atomic mass is 35.5. The highest BCUT2D eigenvalue weighted by Crippen LogP contribution is 2.17. The molecule has 2 rings (SSSR count). The fourth-order valence-electron chi connectivity index (χ4n) is 1.51. The Kier molecular flexibility index (Phi) is 4.79. The Hall–Kier alpha value is -2.27. The van der Waals surface area contributed by atoms with Gasteiger partial charge in [0.1, 0.15) is 24.5 Å². The lowest BCUT2D eigenvalue weighted by Crippen LogP contribution is -2.11. The minimum Gasteiger partial charge on any atom is -0.490 e. The van der Waals surface area contributed by atoms with Gasteiger partial charge in [-0.15, -0.1) is 0 Å². The van der Waals surface area contributed by atoms with E-state index in [0.717, 1.165) is 0 Å². The van der Waals surface area contributed by atoms with Gasteiger partial charge in [0.25, 0.3) is 0 Å². The van der Waals surface area contributed by atoms with E-state index in [9.17, 15) is 4.79 Å². The first-order valence-electron chi connectivity index (χ1n) is 5.85. The molecule has 0 bridgehead atoms. The van der Waals surface area contributed by atoms with Crippen LogP contribution in [0.2, 0.25) is 5.02 Å². The summed E-state index contributed by atoms with van der Waals surface area (Å²) < 4.78 is 10.8. The Balaban J connectivity index is 1.84. The summed E-state index contributed by atoms with van der Waals surface area (Å²) >= 11 is 5.76. The average molecular weight is 294 g/mol. The molecule has 0 unspecified atom stereocenters. The molecule has 1 N–H and O–H groups in total. The zero-order valence-corrected chi connectivity index (χ0v) is 11.2. The molecule has 20 heavy (non-hydrogen) atoms. The molecule has 0 fully saturated rings. The summed E-state index contributed by atoms with van der Waals surface area (Å²) in [6, 6.07) is 8.32. The number of carboxylic acid groups (broad SMARTS) is 1. The van der Waals surface area contributed by atoms with Crippen molar-refractivity contribution in [3.8, 4) is 11.5 Å². The first kappa shape index (κ1) is 14.1. The van der Waals surface area contributed by atoms with Gasteiger partial charge in [-0.1, -0.05) is 11.6 Å². The number of halogens is 1. The van der Waals surface area contributed by atoms with Gasteiger partial charge in [0.15, 0.2) is 5.75 Å². The molecule has 0 amide bonds. The quantitative estimate of drug-likeness (QED) is 0.829. The van der Waals surface area contributed by atoms with E-state index in [1.807, 2.05) is 0 Å². The van der Waals surface area contributed by atoms with E-state index >= 15 is 0 Å². The van der Waals surface area contributed by atoms with Crippen molar-refractivity contribution in [3.63, 3.8) is 0 Å². The van der Waals surface area contributed by atoms with Gasteiger partial charge in [-0.2, -0.15) is 0 Å². The third kappa shape index (κ3) is 3.86. The predicted molar refractivity (Wildman–Crippen MR) is 73.6 cm³/mol. The van der Waals surface area contributed by atoms with Crippen molar-refractivity contribution in [2.24, 2.45) is 0 Å². The Morgan fingerprint density at radius 1 is 1.15 bits per heavy atom. The fraction of sp³-hybridized carbons (Fsp3) is 0.143. The van der Waals surface area contributed by atoms with Gasteiger partial charge < -0.3 is 14.6 Å². The molecule has 0 saturated carbocycles. The topological polar surface area (TPSA) is 68.7 Å². The van der Waals surface area contributed by atoms with E-state index in [2.05, 4.69) is 4.98 Å². The number of carbonyl (C=O) groups is 1. The molecule has 0 saturated heterocycles. The number of carboxylic acids is 1. The number of hydrogen-bond donors (Lipinski definition) is 1. The molecule has 0 radical (unpaired) electrons. The maximum absolute atomic E-state index is 11.0. The maximum Gasteiger partial charge on any atom is 0.339 e. The Bertz CT molecular complexity index is 586. The van der Waals surface area contributed by atoms with Crippen molar-refractivity contribution in [2.75, 3.05) is 13.2 Å². The first-order chi connectivity index (χ1) is 9.66. The van der Waals surface area contributed by atoms with Crippen molar-refractivity contribution >= 4 is 17.6 Å². The summed E-state index contributed by atoms with van der Waals surface area (Å²) in [5.41, 5.74) is 0.0755. The molecule has 1 heterocycles. The standard InChI is InChI=1S/C14H12ClNO4/c15-10-1-3-11(4-2-10)19-7-8-20-13-9-16-6-5-12(13)14(17)18/h1-6,9H,7-8H2,(H,17,18). The number of aromatic carboxylic acids is 1. The van der Waals surface area contributed by atoms with E-state index < -0.39 is 5.97 Å². The molecular formula is C14H12ClNO4. The van der Waals surface area contributed by atoms with Gasteiger partial charge in [-0.3, -0.25) is 4.98 Å². The van der Waals surface area contributed by atoms with Crippen LogP contribution in [0.4, 0.5) is 0 Å². The van der Waals surface area contributed by atoms with Crippen molar-refractivity contribution < 1.29 is 19.4 Å². The van der Waals surface area contributed by atoms with Gasteiger partial charge >= 0.3 is 5.97 Å². The number of benzene rings is 1. The number of ether oxygens (including phenoxy) is 2. The average Bonchev–Trinajstić information content (AvgIpc) is 2.46. The van der Waals surface area contributed by atoms with E-state index in [-0.39, 0.29) is 24.5 Å². The summed E-state index contributed by atoms with van der Waals surface area (Å²) in [6.45, 7) is 0.504. The highest BCUT2D eigenvalue weighted by Gasteiger charge is 2.10. The van der Waals surface area contributed by atoms with E-state index in [4.69, 9.17) is 26.2 Å². The molecular weight excluding hydrogens is 282 g/mol. The first-order valence-corrected chi connectivity index (χ1v) is 6.23. The van der Waals surface area contributed by atoms with E-state index in [0.29, 0.717) is 10.8 Å². The monoisotopic (exact) mass is 293 g/mol. The summed E-state index contributed by atoms with van der Waals surface area (Å²) in [5.74, 6) is -0.164. The van der Waals surface area contributed by atoms with Gasteiger partial charge in [0.05, 0.1) is 6.20 Å². The lowest BCUT2D eigenvalue weighted by molar-refractivity contribution is 0.0691. The highest BCUT2D eigenvalue weighted by molar-refractivity contribution is 6.30.